The van der Waals surface area contributed by atoms with Crippen LogP contribution >= 0.6 is 0 Å². The number of benzene rings is 1. The maximum Gasteiger partial charge on any atom is 0.335 e. The Bertz CT molecular complexity index is 667. The second kappa shape index (κ2) is 5.93. The zero-order valence-corrected chi connectivity index (χ0v) is 10.8. The van der Waals surface area contributed by atoms with Crippen LogP contribution in [0.4, 0.5) is 8.78 Å². The van der Waals surface area contributed by atoms with Gasteiger partial charge in [-0.1, -0.05) is 0 Å². The van der Waals surface area contributed by atoms with E-state index in [0.717, 1.165) is 12.1 Å². The van der Waals surface area contributed by atoms with Crippen molar-refractivity contribution in [2.75, 3.05) is 0 Å². The molecule has 2 unspecified atom stereocenters. The number of hydrogen-bond donors (Lipinski definition) is 6. The molecule has 120 valence electrons. The summed E-state index contributed by atoms with van der Waals surface area (Å²) in [6, 6.07) is 1.54. The van der Waals surface area contributed by atoms with Crippen LogP contribution in [0.2, 0.25) is 0 Å². The van der Waals surface area contributed by atoms with Gasteiger partial charge in [-0.3, -0.25) is 0 Å². The van der Waals surface area contributed by atoms with Crippen LogP contribution in [0.25, 0.3) is 11.0 Å². The average molecular weight is 318 g/mol. The van der Waals surface area contributed by atoms with E-state index in [2.05, 4.69) is 9.97 Å². The normalized spacial score (nSPS) is 17.2. The highest BCUT2D eigenvalue weighted by atomic mass is 19.2. The highest BCUT2D eigenvalue weighted by molar-refractivity contribution is 5.75. The highest BCUT2D eigenvalue weighted by Gasteiger charge is 2.36. The van der Waals surface area contributed by atoms with E-state index in [1.54, 1.807) is 0 Å². The number of halogens is 2. The van der Waals surface area contributed by atoms with E-state index in [0.29, 0.717) is 0 Å². The molecule has 2 aromatic rings. The van der Waals surface area contributed by atoms with Gasteiger partial charge in [0.05, 0.1) is 11.0 Å². The monoisotopic (exact) mass is 318 g/mol. The summed E-state index contributed by atoms with van der Waals surface area (Å²) in [5, 5.41) is 46.6. The fourth-order valence-electron chi connectivity index (χ4n) is 1.85. The van der Waals surface area contributed by atoms with Crippen molar-refractivity contribution < 1.29 is 39.1 Å². The molecule has 0 aliphatic heterocycles. The Morgan fingerprint density at radius 3 is 2.27 bits per heavy atom. The molecule has 8 nitrogen and oxygen atoms in total. The summed E-state index contributed by atoms with van der Waals surface area (Å²) in [4.78, 5) is 16.6. The number of aromatic amines is 1. The Balaban J connectivity index is 2.29. The lowest BCUT2D eigenvalue weighted by Gasteiger charge is -2.23. The Morgan fingerprint density at radius 2 is 1.68 bits per heavy atom. The van der Waals surface area contributed by atoms with Gasteiger partial charge in [0.25, 0.3) is 0 Å². The molecule has 1 aromatic carbocycles. The van der Waals surface area contributed by atoms with Crippen LogP contribution in [-0.2, 0) is 4.79 Å². The van der Waals surface area contributed by atoms with E-state index in [1.807, 2.05) is 0 Å². The van der Waals surface area contributed by atoms with Crippen LogP contribution in [0.3, 0.4) is 0 Å². The van der Waals surface area contributed by atoms with Crippen LogP contribution in [0, 0.1) is 11.6 Å². The van der Waals surface area contributed by atoms with E-state index >= 15 is 0 Å². The Hall–Kier alpha value is -2.14. The maximum absolute atomic E-state index is 13.1. The number of aliphatic carboxylic acids is 1. The number of nitrogens with zero attached hydrogens (tertiary/aromatic N) is 1. The molecule has 4 atom stereocenters. The summed E-state index contributed by atoms with van der Waals surface area (Å²) in [6.45, 7) is 0. The summed E-state index contributed by atoms with van der Waals surface area (Å²) < 4.78 is 26.1. The van der Waals surface area contributed by atoms with Crippen LogP contribution in [-0.4, -0.2) is 59.8 Å². The van der Waals surface area contributed by atoms with E-state index in [9.17, 15) is 28.9 Å². The van der Waals surface area contributed by atoms with E-state index in [4.69, 9.17) is 10.2 Å². The SMILES string of the molecule is O=C(O)C(O)[C@H](O)C(O)[C@H](O)c1nc2cc(F)c(F)cc2[nH]1. The fraction of sp³-hybridized carbons (Fsp3) is 0.333. The van der Waals surface area contributed by atoms with Crippen molar-refractivity contribution in [3.05, 3.63) is 29.6 Å². The van der Waals surface area contributed by atoms with Crippen molar-refractivity contribution >= 4 is 17.0 Å². The van der Waals surface area contributed by atoms with E-state index in [1.165, 1.54) is 0 Å². The number of nitrogens with one attached hydrogen (secondary N) is 1. The minimum absolute atomic E-state index is 0.0217. The Labute approximate surface area is 121 Å². The second-order valence-electron chi connectivity index (χ2n) is 4.61. The molecule has 0 aliphatic carbocycles. The Morgan fingerprint density at radius 1 is 1.09 bits per heavy atom. The molecule has 0 fully saturated rings. The first kappa shape index (κ1) is 16.2. The maximum atomic E-state index is 13.1. The summed E-state index contributed by atoms with van der Waals surface area (Å²) in [6.07, 6.45) is -8.54. The third-order valence-electron chi connectivity index (χ3n) is 3.07. The molecule has 2 rings (SSSR count). The van der Waals surface area contributed by atoms with Crippen molar-refractivity contribution in [2.24, 2.45) is 0 Å². The molecule has 6 N–H and O–H groups in total. The zero-order valence-electron chi connectivity index (χ0n) is 10.8. The van der Waals surface area contributed by atoms with Crippen LogP contribution < -0.4 is 0 Å². The predicted octanol–water partition coefficient (Wildman–Crippen LogP) is -0.958. The minimum atomic E-state index is -2.33. The van der Waals surface area contributed by atoms with Gasteiger partial charge >= 0.3 is 5.97 Å². The first-order valence-corrected chi connectivity index (χ1v) is 6.02. The van der Waals surface area contributed by atoms with Gasteiger partial charge in [0.2, 0.25) is 0 Å². The predicted molar refractivity (Wildman–Crippen MR) is 66.6 cm³/mol. The van der Waals surface area contributed by atoms with Gasteiger partial charge in [-0.15, -0.1) is 0 Å². The number of rotatable bonds is 5. The number of aromatic nitrogens is 2. The van der Waals surface area contributed by atoms with Crippen molar-refractivity contribution in [1.82, 2.24) is 9.97 Å². The van der Waals surface area contributed by atoms with Gasteiger partial charge in [-0.05, 0) is 0 Å². The third-order valence-corrected chi connectivity index (χ3v) is 3.07. The smallest absolute Gasteiger partial charge is 0.335 e. The first-order valence-electron chi connectivity index (χ1n) is 6.02. The highest BCUT2D eigenvalue weighted by Crippen LogP contribution is 2.23. The molecule has 0 bridgehead atoms. The first-order chi connectivity index (χ1) is 10.2. The van der Waals surface area contributed by atoms with Crippen molar-refractivity contribution in [3.8, 4) is 0 Å². The number of carboxylic acid groups (broad SMARTS) is 1. The summed E-state index contributed by atoms with van der Waals surface area (Å²) in [7, 11) is 0. The lowest BCUT2D eigenvalue weighted by molar-refractivity contribution is -0.163. The molecule has 0 amide bonds. The molecule has 10 heteroatoms. The van der Waals surface area contributed by atoms with Crippen LogP contribution in [0.5, 0.6) is 0 Å². The third kappa shape index (κ3) is 2.90. The molecular weight excluding hydrogens is 306 g/mol. The largest absolute Gasteiger partial charge is 0.479 e. The van der Waals surface area contributed by atoms with Gasteiger partial charge in [0, 0.05) is 12.1 Å². The van der Waals surface area contributed by atoms with Crippen LogP contribution in [0.15, 0.2) is 12.1 Å². The number of carboxylic acids is 1. The lowest BCUT2D eigenvalue weighted by Crippen LogP contribution is -2.45. The van der Waals surface area contributed by atoms with Crippen molar-refractivity contribution in [3.63, 3.8) is 0 Å². The summed E-state index contributed by atoms with van der Waals surface area (Å²) >= 11 is 0. The molecule has 1 aromatic heterocycles. The molecule has 0 radical (unpaired) electrons. The topological polar surface area (TPSA) is 147 Å². The number of imidazole rings is 1. The fourth-order valence-corrected chi connectivity index (χ4v) is 1.85. The molecule has 0 saturated heterocycles. The van der Waals surface area contributed by atoms with E-state index < -0.39 is 42.0 Å². The molecule has 0 spiro atoms. The average Bonchev–Trinajstić information content (AvgIpc) is 2.87. The van der Waals surface area contributed by atoms with Gasteiger partial charge < -0.3 is 30.5 Å². The number of carbonyl (C=O) groups is 1. The number of aliphatic hydroxyl groups is 4. The minimum Gasteiger partial charge on any atom is -0.479 e. The van der Waals surface area contributed by atoms with Gasteiger partial charge in [-0.2, -0.15) is 0 Å². The summed E-state index contributed by atoms with van der Waals surface area (Å²) in [5.74, 6) is -4.47. The molecular formula is C12H12F2N2O6. The number of hydrogen-bond acceptors (Lipinski definition) is 6. The van der Waals surface area contributed by atoms with Gasteiger partial charge in [0.15, 0.2) is 17.7 Å². The number of fused-ring (bicyclic) bond motifs is 1. The molecule has 1 heterocycles. The zero-order chi connectivity index (χ0) is 16.6. The van der Waals surface area contributed by atoms with Gasteiger partial charge in [-0.25, -0.2) is 18.6 Å². The lowest BCUT2D eigenvalue weighted by atomic mass is 10.0. The van der Waals surface area contributed by atoms with Gasteiger partial charge in [0.1, 0.15) is 24.1 Å². The quantitative estimate of drug-likeness (QED) is 0.416. The van der Waals surface area contributed by atoms with Crippen molar-refractivity contribution in [1.29, 1.82) is 0 Å². The molecule has 0 aliphatic rings. The standard InChI is InChI=1S/C12H12F2N2O6/c13-3-1-5-6(2-4(3)14)16-11(15-5)9(19)7(17)8(18)10(20)12(21)22/h1-2,7-10,17-20H,(H,15,16)(H,21,22)/t7?,8-,9+,10?/m1/s1. The second-order valence-corrected chi connectivity index (χ2v) is 4.61. The summed E-state index contributed by atoms with van der Waals surface area (Å²) in [5.41, 5.74) is -0.0261. The number of aliphatic hydroxyl groups excluding tert-OH is 4. The Kier molecular flexibility index (Phi) is 4.37. The van der Waals surface area contributed by atoms with E-state index in [-0.39, 0.29) is 16.9 Å². The van der Waals surface area contributed by atoms with Crippen molar-refractivity contribution in [2.45, 2.75) is 24.4 Å². The molecule has 0 saturated carbocycles. The molecule has 22 heavy (non-hydrogen) atoms. The van der Waals surface area contributed by atoms with Crippen LogP contribution in [0.1, 0.15) is 11.9 Å². The number of H-pyrrole nitrogens is 1.